The normalized spacial score (nSPS) is 11.2. The first-order valence-electron chi connectivity index (χ1n) is 7.00. The van der Waals surface area contributed by atoms with Crippen molar-refractivity contribution >= 4 is 23.2 Å². The van der Waals surface area contributed by atoms with Gasteiger partial charge < -0.3 is 4.74 Å². The zero-order chi connectivity index (χ0) is 16.9. The number of fused-ring (bicyclic) bond motifs is 1. The van der Waals surface area contributed by atoms with Gasteiger partial charge in [0, 0.05) is 18.3 Å². The molecule has 0 saturated carbocycles. The van der Waals surface area contributed by atoms with Gasteiger partial charge in [0.05, 0.1) is 24.2 Å². The zero-order valence-electron chi connectivity index (χ0n) is 13.5. The second-order valence-electron chi connectivity index (χ2n) is 5.32. The molecule has 0 aliphatic carbocycles. The molecule has 0 amide bonds. The third-order valence-electron chi connectivity index (χ3n) is 3.85. The van der Waals surface area contributed by atoms with Crippen molar-refractivity contribution in [1.29, 1.82) is 0 Å². The molecular formula is C15H16ClN5O2. The van der Waals surface area contributed by atoms with E-state index in [2.05, 4.69) is 15.2 Å². The minimum absolute atomic E-state index is 0.269. The third-order valence-corrected chi connectivity index (χ3v) is 4.29. The number of hydrogen-bond acceptors (Lipinski definition) is 5. The number of methoxy groups -OCH3 is 1. The molecule has 0 N–H and O–H groups in total. The van der Waals surface area contributed by atoms with Crippen LogP contribution < -0.4 is 0 Å². The van der Waals surface area contributed by atoms with Gasteiger partial charge in [-0.05, 0) is 26.8 Å². The van der Waals surface area contributed by atoms with E-state index in [1.807, 2.05) is 20.9 Å². The van der Waals surface area contributed by atoms with E-state index < -0.39 is 5.97 Å². The zero-order valence-corrected chi connectivity index (χ0v) is 14.3. The van der Waals surface area contributed by atoms with Crippen molar-refractivity contribution in [2.45, 2.75) is 20.8 Å². The average molecular weight is 334 g/mol. The predicted octanol–water partition coefficient (Wildman–Crippen LogP) is 2.50. The van der Waals surface area contributed by atoms with E-state index in [9.17, 15) is 4.79 Å². The Morgan fingerprint density at radius 2 is 1.91 bits per heavy atom. The molecule has 0 fully saturated rings. The first-order valence-corrected chi connectivity index (χ1v) is 7.37. The molecule has 0 unspecified atom stereocenters. The highest BCUT2D eigenvalue weighted by Crippen LogP contribution is 2.29. The van der Waals surface area contributed by atoms with E-state index in [0.717, 1.165) is 17.0 Å². The summed E-state index contributed by atoms with van der Waals surface area (Å²) >= 11 is 6.29. The predicted molar refractivity (Wildman–Crippen MR) is 85.7 cm³/mol. The number of carbonyl (C=O) groups excluding carboxylic acids is 1. The minimum Gasteiger partial charge on any atom is -0.464 e. The quantitative estimate of drug-likeness (QED) is 0.674. The van der Waals surface area contributed by atoms with E-state index >= 15 is 0 Å². The van der Waals surface area contributed by atoms with E-state index in [4.69, 9.17) is 16.3 Å². The number of aryl methyl sites for hydroxylation is 3. The van der Waals surface area contributed by atoms with Crippen molar-refractivity contribution in [3.8, 4) is 11.3 Å². The molecule has 0 spiro atoms. The molecule has 3 heterocycles. The molecule has 0 atom stereocenters. The largest absolute Gasteiger partial charge is 0.464 e. The lowest BCUT2D eigenvalue weighted by molar-refractivity contribution is 0.0590. The number of ether oxygens (including phenoxy) is 1. The van der Waals surface area contributed by atoms with Crippen molar-refractivity contribution in [3.05, 3.63) is 33.9 Å². The molecule has 3 aromatic heterocycles. The van der Waals surface area contributed by atoms with Gasteiger partial charge in [0.15, 0.2) is 11.3 Å². The second kappa shape index (κ2) is 5.34. The van der Waals surface area contributed by atoms with Gasteiger partial charge in [0.1, 0.15) is 5.02 Å². The molecule has 23 heavy (non-hydrogen) atoms. The number of aromatic nitrogens is 5. The Bertz CT molecular complexity index is 941. The molecule has 120 valence electrons. The van der Waals surface area contributed by atoms with E-state index in [-0.39, 0.29) is 5.69 Å². The van der Waals surface area contributed by atoms with Crippen LogP contribution in [0.1, 0.15) is 27.6 Å². The van der Waals surface area contributed by atoms with Crippen LogP contribution in [0.3, 0.4) is 0 Å². The summed E-state index contributed by atoms with van der Waals surface area (Å²) in [4.78, 5) is 16.7. The summed E-state index contributed by atoms with van der Waals surface area (Å²) < 4.78 is 8.04. The molecule has 3 aromatic rings. The molecule has 0 saturated heterocycles. The van der Waals surface area contributed by atoms with Gasteiger partial charge in [0.2, 0.25) is 0 Å². The molecular weight excluding hydrogens is 318 g/mol. The maximum absolute atomic E-state index is 12.1. The lowest BCUT2D eigenvalue weighted by Crippen LogP contribution is -2.11. The highest BCUT2D eigenvalue weighted by molar-refractivity contribution is 6.34. The number of halogens is 1. The van der Waals surface area contributed by atoms with Gasteiger partial charge in [-0.1, -0.05) is 11.6 Å². The molecule has 0 aliphatic rings. The standard InChI is InChI=1S/C15H16ClN5O2/c1-7-12(9(3)20(4)18-7)10-6-11(15(22)23-5)21-14(17-10)13(16)8(2)19-21/h6H,1-5H3. The van der Waals surface area contributed by atoms with Crippen LogP contribution >= 0.6 is 11.6 Å². The summed E-state index contributed by atoms with van der Waals surface area (Å²) in [5.41, 5.74) is 4.54. The number of carbonyl (C=O) groups is 1. The molecule has 3 rings (SSSR count). The first kappa shape index (κ1) is 15.5. The Morgan fingerprint density at radius 3 is 2.48 bits per heavy atom. The van der Waals surface area contributed by atoms with Crippen molar-refractivity contribution in [1.82, 2.24) is 24.4 Å². The van der Waals surface area contributed by atoms with Crippen LogP contribution in [0.4, 0.5) is 0 Å². The molecule has 8 heteroatoms. The van der Waals surface area contributed by atoms with Crippen LogP contribution in [0, 0.1) is 20.8 Å². The van der Waals surface area contributed by atoms with E-state index in [0.29, 0.717) is 22.1 Å². The summed E-state index contributed by atoms with van der Waals surface area (Å²) in [5.74, 6) is -0.503. The van der Waals surface area contributed by atoms with Gasteiger partial charge in [-0.3, -0.25) is 4.68 Å². The van der Waals surface area contributed by atoms with E-state index in [1.54, 1.807) is 17.7 Å². The van der Waals surface area contributed by atoms with Gasteiger partial charge in [0.25, 0.3) is 0 Å². The summed E-state index contributed by atoms with van der Waals surface area (Å²) in [6.45, 7) is 5.61. The summed E-state index contributed by atoms with van der Waals surface area (Å²) in [7, 11) is 3.19. The number of esters is 1. The second-order valence-corrected chi connectivity index (χ2v) is 5.70. The summed E-state index contributed by atoms with van der Waals surface area (Å²) in [6.07, 6.45) is 0. The third kappa shape index (κ3) is 2.28. The first-order chi connectivity index (χ1) is 10.8. The highest BCUT2D eigenvalue weighted by atomic mass is 35.5. The monoisotopic (exact) mass is 333 g/mol. The van der Waals surface area contributed by atoms with Gasteiger partial charge >= 0.3 is 5.97 Å². The van der Waals surface area contributed by atoms with Crippen LogP contribution in [-0.4, -0.2) is 37.5 Å². The average Bonchev–Trinajstić information content (AvgIpc) is 2.94. The topological polar surface area (TPSA) is 74.3 Å². The van der Waals surface area contributed by atoms with Crippen LogP contribution in [0.5, 0.6) is 0 Å². The van der Waals surface area contributed by atoms with Crippen LogP contribution in [-0.2, 0) is 11.8 Å². The lowest BCUT2D eigenvalue weighted by Gasteiger charge is -2.07. The lowest BCUT2D eigenvalue weighted by atomic mass is 10.1. The van der Waals surface area contributed by atoms with Crippen molar-refractivity contribution in [2.24, 2.45) is 7.05 Å². The van der Waals surface area contributed by atoms with Crippen LogP contribution in [0.15, 0.2) is 6.07 Å². The minimum atomic E-state index is -0.503. The van der Waals surface area contributed by atoms with Gasteiger partial charge in [-0.2, -0.15) is 10.2 Å². The van der Waals surface area contributed by atoms with Crippen molar-refractivity contribution in [3.63, 3.8) is 0 Å². The fourth-order valence-corrected chi connectivity index (χ4v) is 2.78. The van der Waals surface area contributed by atoms with Crippen LogP contribution in [0.2, 0.25) is 5.02 Å². The van der Waals surface area contributed by atoms with Crippen molar-refractivity contribution in [2.75, 3.05) is 7.11 Å². The number of hydrogen-bond donors (Lipinski definition) is 0. The fraction of sp³-hybridized carbons (Fsp3) is 0.333. The SMILES string of the molecule is COC(=O)c1cc(-c2c(C)nn(C)c2C)nc2c(Cl)c(C)nn12. The van der Waals surface area contributed by atoms with Crippen molar-refractivity contribution < 1.29 is 9.53 Å². The number of nitrogens with zero attached hydrogens (tertiary/aromatic N) is 5. The van der Waals surface area contributed by atoms with Gasteiger partial charge in [-0.25, -0.2) is 14.3 Å². The molecule has 0 aromatic carbocycles. The number of rotatable bonds is 2. The van der Waals surface area contributed by atoms with E-state index in [1.165, 1.54) is 11.6 Å². The summed E-state index contributed by atoms with van der Waals surface area (Å²) in [5, 5.41) is 9.07. The summed E-state index contributed by atoms with van der Waals surface area (Å²) in [6, 6.07) is 1.65. The Hall–Kier alpha value is -2.41. The molecule has 0 aliphatic heterocycles. The molecule has 0 bridgehead atoms. The maximum Gasteiger partial charge on any atom is 0.356 e. The van der Waals surface area contributed by atoms with Gasteiger partial charge in [-0.15, -0.1) is 0 Å². The Labute approximate surface area is 137 Å². The highest BCUT2D eigenvalue weighted by Gasteiger charge is 2.22. The Kier molecular flexibility index (Phi) is 3.60. The smallest absolute Gasteiger partial charge is 0.356 e. The Balaban J connectivity index is 2.39. The fourth-order valence-electron chi connectivity index (χ4n) is 2.62. The van der Waals surface area contributed by atoms with Crippen LogP contribution in [0.25, 0.3) is 16.9 Å². The molecule has 7 nitrogen and oxygen atoms in total. The Morgan fingerprint density at radius 1 is 1.22 bits per heavy atom. The molecule has 0 radical (unpaired) electrons. The maximum atomic E-state index is 12.1.